The fraction of sp³-hybridized carbons (Fsp3) is 0.208. The third kappa shape index (κ3) is 3.63. The highest BCUT2D eigenvalue weighted by molar-refractivity contribution is 6.06. The number of pyridine rings is 1. The quantitative estimate of drug-likeness (QED) is 0.501. The fourth-order valence-electron chi connectivity index (χ4n) is 3.53. The number of amides is 1. The van der Waals surface area contributed by atoms with Crippen LogP contribution in [0, 0.1) is 6.92 Å². The lowest BCUT2D eigenvalue weighted by atomic mass is 10.0. The molecule has 2 heterocycles. The maximum atomic E-state index is 13.4. The van der Waals surface area contributed by atoms with E-state index in [1.165, 1.54) is 5.56 Å². The molecule has 0 atom stereocenters. The molecule has 0 radical (unpaired) electrons. The van der Waals surface area contributed by atoms with Crippen molar-refractivity contribution in [2.24, 2.45) is 0 Å². The SMILES string of the molecule is CCn1ncc2c(C(=O)N(C)Cc3ccccc3C)cc(-c3ccccc3)nc21. The molecule has 0 spiro atoms. The van der Waals surface area contributed by atoms with Crippen molar-refractivity contribution in [2.45, 2.75) is 26.9 Å². The van der Waals surface area contributed by atoms with E-state index in [-0.39, 0.29) is 5.91 Å². The molecule has 2 aromatic carbocycles. The zero-order valence-electron chi connectivity index (χ0n) is 17.0. The van der Waals surface area contributed by atoms with Crippen LogP contribution < -0.4 is 0 Å². The minimum absolute atomic E-state index is 0.0338. The summed E-state index contributed by atoms with van der Waals surface area (Å²) in [6.07, 6.45) is 1.75. The first-order valence-corrected chi connectivity index (χ1v) is 9.80. The third-order valence-electron chi connectivity index (χ3n) is 5.22. The van der Waals surface area contributed by atoms with E-state index in [1.54, 1.807) is 11.1 Å². The van der Waals surface area contributed by atoms with Crippen LogP contribution in [0.15, 0.2) is 66.9 Å². The van der Waals surface area contributed by atoms with E-state index in [1.807, 2.05) is 67.2 Å². The second-order valence-electron chi connectivity index (χ2n) is 7.21. The number of carbonyl (C=O) groups excluding carboxylic acids is 1. The number of hydrogen-bond donors (Lipinski definition) is 0. The van der Waals surface area contributed by atoms with Gasteiger partial charge in [-0.1, -0.05) is 54.6 Å². The summed E-state index contributed by atoms with van der Waals surface area (Å²) in [5.74, 6) is -0.0338. The van der Waals surface area contributed by atoms with Crippen LogP contribution in [-0.2, 0) is 13.1 Å². The molecule has 4 aromatic rings. The summed E-state index contributed by atoms with van der Waals surface area (Å²) in [6, 6.07) is 20.0. The highest BCUT2D eigenvalue weighted by Gasteiger charge is 2.20. The Morgan fingerprint density at radius 3 is 2.52 bits per heavy atom. The maximum absolute atomic E-state index is 13.4. The molecule has 0 saturated carbocycles. The molecule has 29 heavy (non-hydrogen) atoms. The molecule has 0 bridgehead atoms. The Morgan fingerprint density at radius 2 is 1.79 bits per heavy atom. The van der Waals surface area contributed by atoms with Crippen molar-refractivity contribution < 1.29 is 4.79 Å². The van der Waals surface area contributed by atoms with Crippen LogP contribution >= 0.6 is 0 Å². The average Bonchev–Trinajstić information content (AvgIpc) is 3.18. The van der Waals surface area contributed by atoms with Gasteiger partial charge < -0.3 is 4.90 Å². The van der Waals surface area contributed by atoms with Gasteiger partial charge in [-0.2, -0.15) is 5.10 Å². The molecule has 0 aliphatic heterocycles. The predicted octanol–water partition coefficient (Wildman–Crippen LogP) is 4.70. The molecular weight excluding hydrogens is 360 g/mol. The fourth-order valence-corrected chi connectivity index (χ4v) is 3.53. The van der Waals surface area contributed by atoms with Gasteiger partial charge in [-0.15, -0.1) is 0 Å². The van der Waals surface area contributed by atoms with Gasteiger partial charge >= 0.3 is 0 Å². The van der Waals surface area contributed by atoms with Crippen molar-refractivity contribution in [3.8, 4) is 11.3 Å². The molecule has 0 unspecified atom stereocenters. The van der Waals surface area contributed by atoms with Crippen LogP contribution in [0.25, 0.3) is 22.3 Å². The molecule has 0 saturated heterocycles. The van der Waals surface area contributed by atoms with E-state index < -0.39 is 0 Å². The molecule has 4 rings (SSSR count). The summed E-state index contributed by atoms with van der Waals surface area (Å²) in [4.78, 5) is 20.0. The van der Waals surface area contributed by atoms with E-state index >= 15 is 0 Å². The number of hydrogen-bond acceptors (Lipinski definition) is 3. The van der Waals surface area contributed by atoms with Crippen molar-refractivity contribution >= 4 is 16.9 Å². The second-order valence-corrected chi connectivity index (χ2v) is 7.21. The van der Waals surface area contributed by atoms with Crippen molar-refractivity contribution in [1.29, 1.82) is 0 Å². The van der Waals surface area contributed by atoms with Crippen molar-refractivity contribution in [1.82, 2.24) is 19.7 Å². The molecule has 146 valence electrons. The first-order valence-electron chi connectivity index (χ1n) is 9.80. The molecule has 0 fully saturated rings. The van der Waals surface area contributed by atoms with Crippen LogP contribution in [0.3, 0.4) is 0 Å². The third-order valence-corrected chi connectivity index (χ3v) is 5.22. The zero-order valence-corrected chi connectivity index (χ0v) is 17.0. The smallest absolute Gasteiger partial charge is 0.254 e. The number of fused-ring (bicyclic) bond motifs is 1. The highest BCUT2D eigenvalue weighted by atomic mass is 16.2. The molecule has 5 nitrogen and oxygen atoms in total. The second kappa shape index (κ2) is 7.87. The van der Waals surface area contributed by atoms with E-state index in [0.717, 1.165) is 27.9 Å². The Kier molecular flexibility index (Phi) is 5.12. The van der Waals surface area contributed by atoms with Crippen LogP contribution in [0.4, 0.5) is 0 Å². The van der Waals surface area contributed by atoms with Gasteiger partial charge in [0, 0.05) is 25.7 Å². The monoisotopic (exact) mass is 384 g/mol. The van der Waals surface area contributed by atoms with Gasteiger partial charge in [-0.05, 0) is 31.0 Å². The van der Waals surface area contributed by atoms with Crippen LogP contribution in [0.5, 0.6) is 0 Å². The Morgan fingerprint density at radius 1 is 1.07 bits per heavy atom. The topological polar surface area (TPSA) is 51.0 Å². The first-order chi connectivity index (χ1) is 14.1. The van der Waals surface area contributed by atoms with Gasteiger partial charge in [-0.3, -0.25) is 4.79 Å². The van der Waals surface area contributed by atoms with Crippen LogP contribution in [-0.4, -0.2) is 32.6 Å². The van der Waals surface area contributed by atoms with Gasteiger partial charge in [0.1, 0.15) is 0 Å². The molecule has 0 aliphatic carbocycles. The Bertz CT molecular complexity index is 1160. The van der Waals surface area contributed by atoms with Crippen molar-refractivity contribution in [3.63, 3.8) is 0 Å². The molecular formula is C24H24N4O. The summed E-state index contributed by atoms with van der Waals surface area (Å²) in [5, 5.41) is 5.22. The standard InChI is InChI=1S/C24H24N4O/c1-4-28-23-21(15-25-28)20(14-22(26-23)18-11-6-5-7-12-18)24(29)27(3)16-19-13-9-8-10-17(19)2/h5-15H,4,16H2,1-3H3. The molecule has 2 aromatic heterocycles. The van der Waals surface area contributed by atoms with Gasteiger partial charge in [0.25, 0.3) is 5.91 Å². The largest absolute Gasteiger partial charge is 0.337 e. The van der Waals surface area contributed by atoms with Crippen molar-refractivity contribution in [2.75, 3.05) is 7.05 Å². The molecule has 0 N–H and O–H groups in total. The van der Waals surface area contributed by atoms with Gasteiger partial charge in [0.05, 0.1) is 22.8 Å². The predicted molar refractivity (Wildman–Crippen MR) is 116 cm³/mol. The van der Waals surface area contributed by atoms with Gasteiger partial charge in [0.15, 0.2) is 5.65 Å². The number of benzene rings is 2. The van der Waals surface area contributed by atoms with Crippen LogP contribution in [0.2, 0.25) is 0 Å². The van der Waals surface area contributed by atoms with Crippen molar-refractivity contribution in [3.05, 3.63) is 83.6 Å². The Labute approximate surface area is 170 Å². The number of rotatable bonds is 5. The van der Waals surface area contributed by atoms with Gasteiger partial charge in [0.2, 0.25) is 0 Å². The summed E-state index contributed by atoms with van der Waals surface area (Å²) < 4.78 is 1.83. The van der Waals surface area contributed by atoms with Gasteiger partial charge in [-0.25, -0.2) is 9.67 Å². The lowest BCUT2D eigenvalue weighted by molar-refractivity contribution is 0.0787. The van der Waals surface area contributed by atoms with Crippen LogP contribution in [0.1, 0.15) is 28.4 Å². The van der Waals surface area contributed by atoms with E-state index in [9.17, 15) is 4.79 Å². The van der Waals surface area contributed by atoms with E-state index in [2.05, 4.69) is 24.2 Å². The average molecular weight is 384 g/mol. The van der Waals surface area contributed by atoms with E-state index in [4.69, 9.17) is 4.98 Å². The lowest BCUT2D eigenvalue weighted by Crippen LogP contribution is -2.27. The normalized spacial score (nSPS) is 11.0. The summed E-state index contributed by atoms with van der Waals surface area (Å²) in [5.41, 5.74) is 5.44. The number of carbonyl (C=O) groups is 1. The maximum Gasteiger partial charge on any atom is 0.254 e. The minimum Gasteiger partial charge on any atom is -0.337 e. The number of nitrogens with zero attached hydrogens (tertiary/aromatic N) is 4. The minimum atomic E-state index is -0.0338. The summed E-state index contributed by atoms with van der Waals surface area (Å²) >= 11 is 0. The zero-order chi connectivity index (χ0) is 20.4. The number of aryl methyl sites for hydroxylation is 2. The first kappa shape index (κ1) is 18.9. The summed E-state index contributed by atoms with van der Waals surface area (Å²) in [7, 11) is 1.84. The number of aromatic nitrogens is 3. The lowest BCUT2D eigenvalue weighted by Gasteiger charge is -2.19. The summed E-state index contributed by atoms with van der Waals surface area (Å²) in [6.45, 7) is 5.34. The molecule has 5 heteroatoms. The molecule has 0 aliphatic rings. The molecule has 1 amide bonds. The van der Waals surface area contributed by atoms with E-state index in [0.29, 0.717) is 18.7 Å². The highest BCUT2D eigenvalue weighted by Crippen LogP contribution is 2.26. The Balaban J connectivity index is 1.78. The Hall–Kier alpha value is -3.47.